The molecule has 0 aliphatic carbocycles. The molecule has 2 rings (SSSR count). The van der Waals surface area contributed by atoms with E-state index < -0.39 is 4.92 Å². The van der Waals surface area contributed by atoms with Gasteiger partial charge in [-0.15, -0.1) is 0 Å². The molecule has 0 bridgehead atoms. The summed E-state index contributed by atoms with van der Waals surface area (Å²) in [5.41, 5.74) is 1.92. The Hall–Kier alpha value is -1.82. The maximum absolute atomic E-state index is 10.6. The summed E-state index contributed by atoms with van der Waals surface area (Å²) < 4.78 is 5.96. The van der Waals surface area contributed by atoms with E-state index in [0.717, 1.165) is 17.0 Å². The quantitative estimate of drug-likeness (QED) is 0.687. The Morgan fingerprint density at radius 3 is 2.78 bits per heavy atom. The van der Waals surface area contributed by atoms with Crippen LogP contribution in [0.15, 0.2) is 39.4 Å². The van der Waals surface area contributed by atoms with Crippen LogP contribution in [0.4, 0.5) is 11.4 Å². The standard InChI is InChI=1S/C12H11BrN2O3/c1-8-4-5-18-12(8)7-14-11-3-2-9(15(16)17)6-10(11)13/h2-6,14H,7H2,1H3. The molecule has 0 atom stereocenters. The van der Waals surface area contributed by atoms with Gasteiger partial charge in [-0.05, 0) is 40.5 Å². The molecule has 94 valence electrons. The number of nitro groups is 1. The Labute approximate surface area is 112 Å². The number of benzene rings is 1. The maximum atomic E-state index is 10.6. The Morgan fingerprint density at radius 2 is 2.22 bits per heavy atom. The number of non-ortho nitro benzene ring substituents is 1. The number of nitrogens with one attached hydrogen (secondary N) is 1. The zero-order valence-electron chi connectivity index (χ0n) is 9.64. The van der Waals surface area contributed by atoms with Crippen molar-refractivity contribution in [2.75, 3.05) is 5.32 Å². The van der Waals surface area contributed by atoms with Crippen molar-refractivity contribution in [1.29, 1.82) is 0 Å². The van der Waals surface area contributed by atoms with Crippen LogP contribution in [0.25, 0.3) is 0 Å². The Balaban J connectivity index is 2.11. The van der Waals surface area contributed by atoms with Crippen LogP contribution < -0.4 is 5.32 Å². The van der Waals surface area contributed by atoms with Crippen molar-refractivity contribution in [3.63, 3.8) is 0 Å². The van der Waals surface area contributed by atoms with Crippen LogP contribution in [-0.4, -0.2) is 4.92 Å². The van der Waals surface area contributed by atoms with Gasteiger partial charge in [-0.2, -0.15) is 0 Å². The van der Waals surface area contributed by atoms with Gasteiger partial charge in [0, 0.05) is 22.3 Å². The van der Waals surface area contributed by atoms with Crippen LogP contribution >= 0.6 is 15.9 Å². The first kappa shape index (κ1) is 12.6. The van der Waals surface area contributed by atoms with Crippen LogP contribution in [0.2, 0.25) is 0 Å². The molecule has 0 aliphatic heterocycles. The zero-order valence-corrected chi connectivity index (χ0v) is 11.2. The summed E-state index contributed by atoms with van der Waals surface area (Å²) in [4.78, 5) is 10.2. The highest BCUT2D eigenvalue weighted by atomic mass is 79.9. The van der Waals surface area contributed by atoms with Gasteiger partial charge in [0.1, 0.15) is 5.76 Å². The summed E-state index contributed by atoms with van der Waals surface area (Å²) in [6.07, 6.45) is 1.64. The van der Waals surface area contributed by atoms with Crippen molar-refractivity contribution in [2.24, 2.45) is 0 Å². The lowest BCUT2D eigenvalue weighted by molar-refractivity contribution is -0.384. The van der Waals surface area contributed by atoms with Gasteiger partial charge < -0.3 is 9.73 Å². The minimum Gasteiger partial charge on any atom is -0.467 e. The van der Waals surface area contributed by atoms with Crippen LogP contribution in [0.1, 0.15) is 11.3 Å². The lowest BCUT2D eigenvalue weighted by atomic mass is 10.2. The molecule has 5 nitrogen and oxygen atoms in total. The largest absolute Gasteiger partial charge is 0.467 e. The zero-order chi connectivity index (χ0) is 13.1. The molecule has 0 amide bonds. The summed E-state index contributed by atoms with van der Waals surface area (Å²) >= 11 is 3.30. The molecular weight excluding hydrogens is 300 g/mol. The van der Waals surface area contributed by atoms with Gasteiger partial charge >= 0.3 is 0 Å². The minimum absolute atomic E-state index is 0.0570. The number of aryl methyl sites for hydroxylation is 1. The summed E-state index contributed by atoms with van der Waals surface area (Å²) in [6, 6.07) is 6.49. The number of anilines is 1. The first-order chi connectivity index (χ1) is 8.58. The lowest BCUT2D eigenvalue weighted by Crippen LogP contribution is -2.00. The molecule has 1 heterocycles. The second kappa shape index (κ2) is 5.22. The molecule has 0 saturated carbocycles. The van der Waals surface area contributed by atoms with Crippen LogP contribution in [-0.2, 0) is 6.54 Å². The van der Waals surface area contributed by atoms with Crippen molar-refractivity contribution >= 4 is 27.3 Å². The number of nitrogens with zero attached hydrogens (tertiary/aromatic N) is 1. The molecular formula is C12H11BrN2O3. The third-order valence-electron chi connectivity index (χ3n) is 2.57. The van der Waals surface area contributed by atoms with Gasteiger partial charge in [0.15, 0.2) is 0 Å². The van der Waals surface area contributed by atoms with Crippen molar-refractivity contribution < 1.29 is 9.34 Å². The first-order valence-electron chi connectivity index (χ1n) is 5.28. The van der Waals surface area contributed by atoms with E-state index in [4.69, 9.17) is 4.42 Å². The lowest BCUT2D eigenvalue weighted by Gasteiger charge is -2.07. The van der Waals surface area contributed by atoms with Crippen molar-refractivity contribution in [1.82, 2.24) is 0 Å². The molecule has 18 heavy (non-hydrogen) atoms. The Bertz CT molecular complexity index is 580. The molecule has 6 heteroatoms. The predicted octanol–water partition coefficient (Wildman–Crippen LogP) is 3.87. The van der Waals surface area contributed by atoms with Gasteiger partial charge in [-0.1, -0.05) is 0 Å². The van der Waals surface area contributed by atoms with E-state index in [9.17, 15) is 10.1 Å². The second-order valence-electron chi connectivity index (χ2n) is 3.80. The fourth-order valence-electron chi connectivity index (χ4n) is 1.52. The number of furan rings is 1. The van der Waals surface area contributed by atoms with Crippen molar-refractivity contribution in [2.45, 2.75) is 13.5 Å². The molecule has 1 aromatic heterocycles. The van der Waals surface area contributed by atoms with Gasteiger partial charge in [0.05, 0.1) is 17.7 Å². The first-order valence-corrected chi connectivity index (χ1v) is 6.08. The molecule has 0 aliphatic rings. The van der Waals surface area contributed by atoms with Crippen LogP contribution in [0.5, 0.6) is 0 Å². The van der Waals surface area contributed by atoms with Crippen LogP contribution in [0, 0.1) is 17.0 Å². The van der Waals surface area contributed by atoms with Crippen LogP contribution in [0.3, 0.4) is 0 Å². The SMILES string of the molecule is Cc1ccoc1CNc1ccc([N+](=O)[O-])cc1Br. The van der Waals surface area contributed by atoms with E-state index in [1.807, 2.05) is 13.0 Å². The maximum Gasteiger partial charge on any atom is 0.270 e. The Morgan fingerprint density at radius 1 is 1.44 bits per heavy atom. The number of nitro benzene ring substituents is 1. The summed E-state index contributed by atoms with van der Waals surface area (Å²) in [5, 5.41) is 13.8. The van der Waals surface area contributed by atoms with Crippen molar-refractivity contribution in [3.05, 3.63) is 56.4 Å². The third kappa shape index (κ3) is 2.70. The number of halogens is 1. The summed E-state index contributed by atoms with van der Waals surface area (Å²) in [7, 11) is 0. The van der Waals surface area contributed by atoms with Gasteiger partial charge in [-0.3, -0.25) is 10.1 Å². The van der Waals surface area contributed by atoms with E-state index in [0.29, 0.717) is 11.0 Å². The van der Waals surface area contributed by atoms with E-state index >= 15 is 0 Å². The monoisotopic (exact) mass is 310 g/mol. The highest BCUT2D eigenvalue weighted by molar-refractivity contribution is 9.10. The Kier molecular flexibility index (Phi) is 3.66. The molecule has 0 fully saturated rings. The van der Waals surface area contributed by atoms with Gasteiger partial charge in [-0.25, -0.2) is 0 Å². The third-order valence-corrected chi connectivity index (χ3v) is 3.23. The van der Waals surface area contributed by atoms with E-state index in [-0.39, 0.29) is 5.69 Å². The predicted molar refractivity (Wildman–Crippen MR) is 71.6 cm³/mol. The molecule has 2 aromatic rings. The summed E-state index contributed by atoms with van der Waals surface area (Å²) in [6.45, 7) is 2.50. The van der Waals surface area contributed by atoms with Crippen molar-refractivity contribution in [3.8, 4) is 0 Å². The number of hydrogen-bond donors (Lipinski definition) is 1. The fraction of sp³-hybridized carbons (Fsp3) is 0.167. The second-order valence-corrected chi connectivity index (χ2v) is 4.66. The highest BCUT2D eigenvalue weighted by Crippen LogP contribution is 2.27. The fourth-order valence-corrected chi connectivity index (χ4v) is 2.03. The molecule has 0 spiro atoms. The molecule has 0 saturated heterocycles. The highest BCUT2D eigenvalue weighted by Gasteiger charge is 2.09. The number of rotatable bonds is 4. The minimum atomic E-state index is -0.425. The molecule has 0 radical (unpaired) electrons. The van der Waals surface area contributed by atoms with E-state index in [2.05, 4.69) is 21.2 Å². The topological polar surface area (TPSA) is 68.3 Å². The average molecular weight is 311 g/mol. The normalized spacial score (nSPS) is 10.3. The van der Waals surface area contributed by atoms with Gasteiger partial charge in [0.2, 0.25) is 0 Å². The smallest absolute Gasteiger partial charge is 0.270 e. The van der Waals surface area contributed by atoms with E-state index in [1.165, 1.54) is 12.1 Å². The molecule has 0 unspecified atom stereocenters. The average Bonchev–Trinajstić information content (AvgIpc) is 2.73. The summed E-state index contributed by atoms with van der Waals surface area (Å²) in [5.74, 6) is 0.847. The molecule has 1 aromatic carbocycles. The van der Waals surface area contributed by atoms with E-state index in [1.54, 1.807) is 12.3 Å². The van der Waals surface area contributed by atoms with Gasteiger partial charge in [0.25, 0.3) is 5.69 Å². The molecule has 1 N–H and O–H groups in total. The number of hydrogen-bond acceptors (Lipinski definition) is 4.